The summed E-state index contributed by atoms with van der Waals surface area (Å²) in [5.74, 6) is -1.33. The van der Waals surface area contributed by atoms with Gasteiger partial charge in [-0.3, -0.25) is 9.59 Å². The summed E-state index contributed by atoms with van der Waals surface area (Å²) in [6.07, 6.45) is 0. The number of benzene rings is 2. The van der Waals surface area contributed by atoms with Crippen LogP contribution in [0.4, 0.5) is 5.69 Å². The molecule has 0 spiro atoms. The lowest BCUT2D eigenvalue weighted by Crippen LogP contribution is -2.38. The van der Waals surface area contributed by atoms with E-state index in [1.807, 2.05) is 49.3 Å². The molecule has 0 radical (unpaired) electrons. The molecule has 0 saturated carbocycles. The van der Waals surface area contributed by atoms with Gasteiger partial charge < -0.3 is 19.8 Å². The van der Waals surface area contributed by atoms with Crippen molar-refractivity contribution in [1.29, 1.82) is 0 Å². The van der Waals surface area contributed by atoms with Crippen molar-refractivity contribution < 1.29 is 14.7 Å². The second-order valence-corrected chi connectivity index (χ2v) is 7.87. The van der Waals surface area contributed by atoms with E-state index in [1.54, 1.807) is 29.2 Å². The van der Waals surface area contributed by atoms with Crippen LogP contribution in [-0.4, -0.2) is 66.9 Å². The van der Waals surface area contributed by atoms with Gasteiger partial charge in [0.25, 0.3) is 11.7 Å². The zero-order valence-electron chi connectivity index (χ0n) is 18.7. The first-order valence-electron chi connectivity index (χ1n) is 10.7. The third-order valence-electron chi connectivity index (χ3n) is 5.86. The largest absolute Gasteiger partial charge is 0.507 e. The van der Waals surface area contributed by atoms with Gasteiger partial charge in [0.1, 0.15) is 5.76 Å². The molecule has 6 nitrogen and oxygen atoms in total. The van der Waals surface area contributed by atoms with E-state index >= 15 is 0 Å². The number of aliphatic hydroxyl groups is 1. The summed E-state index contributed by atoms with van der Waals surface area (Å²) >= 11 is 0. The molecule has 1 N–H and O–H groups in total. The van der Waals surface area contributed by atoms with Crippen molar-refractivity contribution in [2.45, 2.75) is 19.9 Å². The summed E-state index contributed by atoms with van der Waals surface area (Å²) < 4.78 is 0. The first kappa shape index (κ1) is 22.6. The minimum atomic E-state index is -0.636. The molecule has 0 unspecified atom stereocenters. The lowest BCUT2D eigenvalue weighted by Gasteiger charge is -2.28. The second-order valence-electron chi connectivity index (χ2n) is 7.87. The summed E-state index contributed by atoms with van der Waals surface area (Å²) in [6, 6.07) is 16.1. The number of amides is 1. The van der Waals surface area contributed by atoms with E-state index in [1.165, 1.54) is 0 Å². The maximum absolute atomic E-state index is 13.0. The number of carbonyl (C=O) groups excluding carboxylic acids is 2. The molecule has 1 aliphatic rings. The van der Waals surface area contributed by atoms with Crippen molar-refractivity contribution in [1.82, 2.24) is 9.80 Å². The van der Waals surface area contributed by atoms with E-state index in [9.17, 15) is 14.7 Å². The van der Waals surface area contributed by atoms with Crippen LogP contribution in [0.15, 0.2) is 60.2 Å². The highest BCUT2D eigenvalue weighted by Crippen LogP contribution is 2.39. The number of carbonyl (C=O) groups is 2. The quantitative estimate of drug-likeness (QED) is 0.401. The summed E-state index contributed by atoms with van der Waals surface area (Å²) in [6.45, 7) is 6.96. The van der Waals surface area contributed by atoms with Gasteiger partial charge in [-0.2, -0.15) is 0 Å². The average molecular weight is 422 g/mol. The van der Waals surface area contributed by atoms with Gasteiger partial charge in [-0.15, -0.1) is 0 Å². The van der Waals surface area contributed by atoms with Crippen LogP contribution in [0, 0.1) is 0 Å². The molecule has 1 fully saturated rings. The highest BCUT2D eigenvalue weighted by atomic mass is 16.3. The number of likely N-dealkylation sites (tertiary alicyclic amines) is 1. The Morgan fingerprint density at radius 1 is 0.968 bits per heavy atom. The highest BCUT2D eigenvalue weighted by Gasteiger charge is 2.45. The predicted octanol–water partition coefficient (Wildman–Crippen LogP) is 3.52. The number of nitrogens with zero attached hydrogens (tertiary/aromatic N) is 3. The van der Waals surface area contributed by atoms with E-state index in [0.29, 0.717) is 18.7 Å². The molecule has 0 aliphatic carbocycles. The molecule has 0 aromatic heterocycles. The van der Waals surface area contributed by atoms with Gasteiger partial charge in [-0.25, -0.2) is 0 Å². The Morgan fingerprint density at radius 2 is 1.58 bits per heavy atom. The summed E-state index contributed by atoms with van der Waals surface area (Å²) in [5.41, 5.74) is 2.50. The van der Waals surface area contributed by atoms with E-state index in [-0.39, 0.29) is 11.3 Å². The monoisotopic (exact) mass is 421 g/mol. The van der Waals surface area contributed by atoms with E-state index in [0.717, 1.165) is 24.3 Å². The fraction of sp³-hybridized carbons (Fsp3) is 0.360. The normalized spacial score (nSPS) is 18.1. The third kappa shape index (κ3) is 4.64. The van der Waals surface area contributed by atoms with Gasteiger partial charge in [0.2, 0.25) is 0 Å². The number of hydrogen-bond acceptors (Lipinski definition) is 5. The van der Waals surface area contributed by atoms with Gasteiger partial charge in [0.05, 0.1) is 11.6 Å². The second kappa shape index (κ2) is 9.79. The third-order valence-corrected chi connectivity index (χ3v) is 5.86. The van der Waals surface area contributed by atoms with Crippen LogP contribution in [0.2, 0.25) is 0 Å². The lowest BCUT2D eigenvalue weighted by molar-refractivity contribution is -0.140. The first-order valence-corrected chi connectivity index (χ1v) is 10.7. The van der Waals surface area contributed by atoms with E-state index in [4.69, 9.17) is 0 Å². The Morgan fingerprint density at radius 3 is 2.13 bits per heavy atom. The van der Waals surface area contributed by atoms with Crippen LogP contribution in [0.3, 0.4) is 0 Å². The van der Waals surface area contributed by atoms with Crippen LogP contribution in [0.25, 0.3) is 5.76 Å². The van der Waals surface area contributed by atoms with Crippen molar-refractivity contribution in [2.24, 2.45) is 0 Å². The Labute approximate surface area is 184 Å². The molecule has 1 aliphatic heterocycles. The zero-order chi connectivity index (χ0) is 22.5. The van der Waals surface area contributed by atoms with Gasteiger partial charge in [-0.05, 0) is 30.8 Å². The Kier molecular flexibility index (Phi) is 7.13. The molecule has 1 saturated heterocycles. The summed E-state index contributed by atoms with van der Waals surface area (Å²) in [7, 11) is 3.92. The van der Waals surface area contributed by atoms with Crippen molar-refractivity contribution in [2.75, 3.05) is 45.2 Å². The van der Waals surface area contributed by atoms with Crippen LogP contribution in [0.1, 0.15) is 31.0 Å². The van der Waals surface area contributed by atoms with Crippen LogP contribution in [0.5, 0.6) is 0 Å². The smallest absolute Gasteiger partial charge is 0.295 e. The molecule has 0 bridgehead atoms. The maximum Gasteiger partial charge on any atom is 0.295 e. The fourth-order valence-corrected chi connectivity index (χ4v) is 3.95. The number of anilines is 1. The number of hydrogen-bond donors (Lipinski definition) is 1. The molecule has 2 aromatic rings. The number of ketones is 1. The molecule has 1 heterocycles. The Hall–Kier alpha value is -3.12. The molecule has 2 aromatic carbocycles. The molecular formula is C25H31N3O3. The summed E-state index contributed by atoms with van der Waals surface area (Å²) in [5, 5.41) is 11.0. The molecular weight excluding hydrogens is 390 g/mol. The SMILES string of the molecule is CCN(CC)CCN1C(=O)C(=O)C(=C(O)c2ccccc2)[C@H]1c1ccc(N(C)C)cc1. The maximum atomic E-state index is 13.0. The molecule has 1 amide bonds. The van der Waals surface area contributed by atoms with E-state index < -0.39 is 17.7 Å². The molecule has 31 heavy (non-hydrogen) atoms. The predicted molar refractivity (Wildman–Crippen MR) is 124 cm³/mol. The van der Waals surface area contributed by atoms with Crippen molar-refractivity contribution in [3.63, 3.8) is 0 Å². The Bertz CT molecular complexity index is 948. The molecule has 3 rings (SSSR count). The number of likely N-dealkylation sites (N-methyl/N-ethyl adjacent to an activating group) is 1. The van der Waals surface area contributed by atoms with Crippen LogP contribution in [-0.2, 0) is 9.59 Å². The van der Waals surface area contributed by atoms with Crippen LogP contribution < -0.4 is 4.90 Å². The fourth-order valence-electron chi connectivity index (χ4n) is 3.95. The van der Waals surface area contributed by atoms with Gasteiger partial charge in [0, 0.05) is 38.4 Å². The summed E-state index contributed by atoms with van der Waals surface area (Å²) in [4.78, 5) is 31.8. The molecule has 1 atom stereocenters. The molecule has 6 heteroatoms. The van der Waals surface area contributed by atoms with Crippen molar-refractivity contribution in [3.8, 4) is 0 Å². The van der Waals surface area contributed by atoms with Crippen LogP contribution >= 0.6 is 0 Å². The first-order chi connectivity index (χ1) is 14.9. The average Bonchev–Trinajstić information content (AvgIpc) is 3.04. The number of aliphatic hydroxyl groups excluding tert-OH is 1. The number of Topliss-reactive ketones (excluding diaryl/α,β-unsaturated/α-hetero) is 1. The highest BCUT2D eigenvalue weighted by molar-refractivity contribution is 6.46. The lowest BCUT2D eigenvalue weighted by atomic mass is 9.95. The minimum absolute atomic E-state index is 0.133. The van der Waals surface area contributed by atoms with Crippen molar-refractivity contribution in [3.05, 3.63) is 71.3 Å². The van der Waals surface area contributed by atoms with Gasteiger partial charge >= 0.3 is 0 Å². The van der Waals surface area contributed by atoms with Crippen molar-refractivity contribution >= 4 is 23.1 Å². The topological polar surface area (TPSA) is 64.1 Å². The van der Waals surface area contributed by atoms with Gasteiger partial charge in [0.15, 0.2) is 0 Å². The Balaban J connectivity index is 2.08. The van der Waals surface area contributed by atoms with Gasteiger partial charge in [-0.1, -0.05) is 56.3 Å². The number of rotatable bonds is 8. The minimum Gasteiger partial charge on any atom is -0.507 e. The van der Waals surface area contributed by atoms with E-state index in [2.05, 4.69) is 18.7 Å². The zero-order valence-corrected chi connectivity index (χ0v) is 18.7. The standard InChI is InChI=1S/C25H31N3O3/c1-5-27(6-2)16-17-28-22(18-12-14-20(15-13-18)26(3)4)21(24(30)25(28)31)23(29)19-10-8-7-9-11-19/h7-15,22,29H,5-6,16-17H2,1-4H3/t22-/m1/s1. The molecule has 164 valence electrons.